The van der Waals surface area contributed by atoms with Crippen molar-refractivity contribution >= 4 is 22.5 Å². The zero-order valence-corrected chi connectivity index (χ0v) is 17.8. The van der Waals surface area contributed by atoms with Crippen LogP contribution >= 0.6 is 0 Å². The average molecular weight is 331 g/mol. The summed E-state index contributed by atoms with van der Waals surface area (Å²) in [5.41, 5.74) is 1.60. The van der Waals surface area contributed by atoms with E-state index in [9.17, 15) is 0 Å². The first-order valence-corrected chi connectivity index (χ1v) is 10.1. The first-order chi connectivity index (χ1) is 7.60. The van der Waals surface area contributed by atoms with Gasteiger partial charge in [-0.05, 0) is 0 Å². The number of unbranched alkanes of at least 4 members (excludes halogenated alkanes) is 3. The molecule has 0 saturated heterocycles. The zero-order valence-electron chi connectivity index (χ0n) is 12.1. The summed E-state index contributed by atoms with van der Waals surface area (Å²) in [5, 5.41) is 0. The van der Waals surface area contributed by atoms with E-state index in [1.807, 2.05) is 0 Å². The van der Waals surface area contributed by atoms with Crippen LogP contribution in [0, 0.1) is 0 Å². The Morgan fingerprint density at radius 2 is 1.38 bits per heavy atom. The second-order valence-electron chi connectivity index (χ2n) is 5.47. The Labute approximate surface area is 116 Å². The number of allylic oxidation sites excluding steroid dienone is 1. The summed E-state index contributed by atoms with van der Waals surface area (Å²) in [6, 6.07) is 0. The third kappa shape index (κ3) is 6.32. The molecule has 96 valence electrons. The van der Waals surface area contributed by atoms with Gasteiger partial charge >= 0.3 is 117 Å². The Bertz CT molecular complexity index is 176. The molecule has 0 heterocycles. The van der Waals surface area contributed by atoms with Crippen LogP contribution in [0.15, 0.2) is 12.2 Å². The van der Waals surface area contributed by atoms with E-state index in [1.165, 1.54) is 57.8 Å². The predicted octanol–water partition coefficient (Wildman–Crippen LogP) is 4.64. The van der Waals surface area contributed by atoms with Crippen LogP contribution in [0.1, 0.15) is 78.6 Å². The Kier molecular flexibility index (Phi) is 9.88. The van der Waals surface area contributed by atoms with Gasteiger partial charge in [0.1, 0.15) is 0 Å². The van der Waals surface area contributed by atoms with Crippen LogP contribution in [0.5, 0.6) is 0 Å². The minimum absolute atomic E-state index is 0.628. The third-order valence-corrected chi connectivity index (χ3v) is 8.72. The third-order valence-electron chi connectivity index (χ3n) is 3.85. The van der Waals surface area contributed by atoms with Crippen LogP contribution in [0.2, 0.25) is 3.43 Å². The van der Waals surface area contributed by atoms with Crippen molar-refractivity contribution in [2.45, 2.75) is 82.0 Å². The SMILES string of the molecule is C=C(CCCC)[C]([SnH3])(CCCC)CCCC. The average Bonchev–Trinajstić information content (AvgIpc) is 2.30. The molecular weight excluding hydrogens is 299 g/mol. The number of hydrogen-bond donors (Lipinski definition) is 0. The van der Waals surface area contributed by atoms with Crippen molar-refractivity contribution < 1.29 is 0 Å². The minimum atomic E-state index is 0.628. The van der Waals surface area contributed by atoms with Gasteiger partial charge in [0.15, 0.2) is 0 Å². The van der Waals surface area contributed by atoms with Crippen LogP contribution in [0.3, 0.4) is 0 Å². The summed E-state index contributed by atoms with van der Waals surface area (Å²) in [6.45, 7) is 11.3. The van der Waals surface area contributed by atoms with Gasteiger partial charge in [-0.25, -0.2) is 0 Å². The molecular formula is C15H32Sn. The fourth-order valence-corrected chi connectivity index (χ4v) is 5.04. The van der Waals surface area contributed by atoms with Crippen molar-refractivity contribution in [2.75, 3.05) is 0 Å². The molecule has 0 aliphatic carbocycles. The molecule has 0 nitrogen and oxygen atoms in total. The normalized spacial score (nSPS) is 11.9. The van der Waals surface area contributed by atoms with E-state index in [4.69, 9.17) is 0 Å². The quantitative estimate of drug-likeness (QED) is 0.404. The molecule has 16 heavy (non-hydrogen) atoms. The van der Waals surface area contributed by atoms with E-state index in [0.29, 0.717) is 26.0 Å². The van der Waals surface area contributed by atoms with Gasteiger partial charge in [-0.1, -0.05) is 0 Å². The second-order valence-corrected chi connectivity index (χ2v) is 10.9. The molecule has 0 aliphatic rings. The van der Waals surface area contributed by atoms with Gasteiger partial charge in [0.25, 0.3) is 0 Å². The fraction of sp³-hybridized carbons (Fsp3) is 0.867. The van der Waals surface area contributed by atoms with Crippen LogP contribution < -0.4 is 0 Å². The van der Waals surface area contributed by atoms with Crippen molar-refractivity contribution in [1.82, 2.24) is 0 Å². The summed E-state index contributed by atoms with van der Waals surface area (Å²) in [5.74, 6) is 0. The van der Waals surface area contributed by atoms with Crippen LogP contribution in [-0.4, -0.2) is 22.5 Å². The van der Waals surface area contributed by atoms with E-state index < -0.39 is 0 Å². The predicted molar refractivity (Wildman–Crippen MR) is 80.3 cm³/mol. The Morgan fingerprint density at radius 1 is 0.938 bits per heavy atom. The van der Waals surface area contributed by atoms with Crippen molar-refractivity contribution in [3.8, 4) is 0 Å². The fourth-order valence-electron chi connectivity index (χ4n) is 2.30. The maximum absolute atomic E-state index is 4.42. The zero-order chi connectivity index (χ0) is 12.4. The molecule has 0 N–H and O–H groups in total. The molecule has 0 amide bonds. The van der Waals surface area contributed by atoms with Crippen LogP contribution in [0.25, 0.3) is 0 Å². The summed E-state index contributed by atoms with van der Waals surface area (Å²) in [6.07, 6.45) is 12.3. The first-order valence-electron chi connectivity index (χ1n) is 7.29. The molecule has 0 aliphatic heterocycles. The van der Waals surface area contributed by atoms with Crippen molar-refractivity contribution in [3.05, 3.63) is 12.2 Å². The summed E-state index contributed by atoms with van der Waals surface area (Å²) >= 11 is 0.713. The van der Waals surface area contributed by atoms with E-state index in [-0.39, 0.29) is 0 Å². The van der Waals surface area contributed by atoms with Crippen molar-refractivity contribution in [3.63, 3.8) is 0 Å². The first kappa shape index (κ1) is 16.5. The van der Waals surface area contributed by atoms with Crippen molar-refractivity contribution in [1.29, 1.82) is 0 Å². The Balaban J connectivity index is 4.30. The molecule has 0 rings (SSSR count). The molecule has 0 atom stereocenters. The van der Waals surface area contributed by atoms with E-state index in [2.05, 4.69) is 27.4 Å². The van der Waals surface area contributed by atoms with Crippen molar-refractivity contribution in [2.24, 2.45) is 0 Å². The molecule has 0 aromatic rings. The monoisotopic (exact) mass is 332 g/mol. The molecule has 0 bridgehead atoms. The molecule has 0 fully saturated rings. The van der Waals surface area contributed by atoms with Gasteiger partial charge in [0, 0.05) is 0 Å². The summed E-state index contributed by atoms with van der Waals surface area (Å²) in [4.78, 5) is 0. The van der Waals surface area contributed by atoms with E-state index >= 15 is 0 Å². The molecule has 0 aromatic heterocycles. The topological polar surface area (TPSA) is 0 Å². The molecule has 0 radical (unpaired) electrons. The van der Waals surface area contributed by atoms with Crippen LogP contribution in [0.4, 0.5) is 0 Å². The Hall–Kier alpha value is 0.539. The van der Waals surface area contributed by atoms with Gasteiger partial charge < -0.3 is 0 Å². The van der Waals surface area contributed by atoms with Gasteiger partial charge in [-0.2, -0.15) is 0 Å². The van der Waals surface area contributed by atoms with Gasteiger partial charge in [0.05, 0.1) is 0 Å². The summed E-state index contributed by atoms with van der Waals surface area (Å²) in [7, 11) is 0. The standard InChI is InChI=1S/C15H29.Sn.3H/c1-5-8-11-14(4)15(12-9-6-2)13-10-7-3;;;;/h4-13H2,1-3H3;;;;. The maximum atomic E-state index is 4.42. The molecule has 0 aromatic carbocycles. The molecule has 0 saturated carbocycles. The molecule has 0 unspecified atom stereocenters. The number of hydrogen-bond acceptors (Lipinski definition) is 0. The van der Waals surface area contributed by atoms with Gasteiger partial charge in [0.2, 0.25) is 0 Å². The van der Waals surface area contributed by atoms with Gasteiger partial charge in [-0.15, -0.1) is 0 Å². The van der Waals surface area contributed by atoms with E-state index in [1.54, 1.807) is 5.57 Å². The number of rotatable bonds is 10. The second kappa shape index (κ2) is 9.56. The van der Waals surface area contributed by atoms with Gasteiger partial charge in [-0.3, -0.25) is 0 Å². The Morgan fingerprint density at radius 3 is 1.75 bits per heavy atom. The molecule has 1 heteroatoms. The van der Waals surface area contributed by atoms with E-state index in [0.717, 1.165) is 0 Å². The van der Waals surface area contributed by atoms with Crippen LogP contribution in [-0.2, 0) is 0 Å². The molecule has 0 spiro atoms. The summed E-state index contributed by atoms with van der Waals surface area (Å²) < 4.78 is 0.628.